The minimum Gasteiger partial charge on any atom is -0.491 e. The number of aromatic nitrogens is 2. The number of para-hydroxylation sites is 1. The predicted molar refractivity (Wildman–Crippen MR) is 145 cm³/mol. The molecule has 37 heavy (non-hydrogen) atoms. The van der Waals surface area contributed by atoms with E-state index in [0.717, 1.165) is 57.4 Å². The van der Waals surface area contributed by atoms with Crippen LogP contribution in [0.4, 0.5) is 0 Å². The molecule has 2 aliphatic rings. The minimum atomic E-state index is -0.386. The number of hydrogen-bond donors (Lipinski definition) is 2. The molecule has 2 aliphatic heterocycles. The number of nitrogens with one attached hydrogen (secondary N) is 2. The Labute approximate surface area is 221 Å². The topological polar surface area (TPSA) is 88.5 Å². The van der Waals surface area contributed by atoms with Crippen molar-refractivity contribution in [1.82, 2.24) is 25.3 Å². The van der Waals surface area contributed by atoms with Gasteiger partial charge in [-0.1, -0.05) is 18.6 Å². The number of benzene rings is 1. The highest BCUT2D eigenvalue weighted by Crippen LogP contribution is 2.38. The van der Waals surface area contributed by atoms with Crippen molar-refractivity contribution in [2.24, 2.45) is 5.41 Å². The van der Waals surface area contributed by atoms with Gasteiger partial charge in [0.25, 0.3) is 5.91 Å². The molecule has 0 saturated carbocycles. The first kappa shape index (κ1) is 27.2. The van der Waals surface area contributed by atoms with Crippen LogP contribution in [0.25, 0.3) is 0 Å². The fourth-order valence-corrected chi connectivity index (χ4v) is 5.68. The van der Waals surface area contributed by atoms with E-state index < -0.39 is 0 Å². The van der Waals surface area contributed by atoms with Crippen molar-refractivity contribution in [3.05, 3.63) is 46.8 Å². The summed E-state index contributed by atoms with van der Waals surface area (Å²) in [6.07, 6.45) is 4.24. The molecule has 1 atom stereocenters. The van der Waals surface area contributed by atoms with Crippen LogP contribution in [0.15, 0.2) is 24.3 Å². The van der Waals surface area contributed by atoms with E-state index in [2.05, 4.69) is 47.9 Å². The Bertz CT molecular complexity index is 1100. The molecule has 8 nitrogen and oxygen atoms in total. The average molecular weight is 510 g/mol. The fourth-order valence-electron chi connectivity index (χ4n) is 5.68. The monoisotopic (exact) mass is 509 g/mol. The summed E-state index contributed by atoms with van der Waals surface area (Å²) in [5.74, 6) is 0.573. The first-order valence-corrected chi connectivity index (χ1v) is 13.8. The van der Waals surface area contributed by atoms with Gasteiger partial charge in [0.2, 0.25) is 5.91 Å². The van der Waals surface area contributed by atoms with Gasteiger partial charge in [-0.3, -0.25) is 19.2 Å². The summed E-state index contributed by atoms with van der Waals surface area (Å²) in [5, 5.41) is 11.0. The zero-order valence-electron chi connectivity index (χ0n) is 23.1. The molecule has 1 saturated heterocycles. The molecule has 202 valence electrons. The summed E-state index contributed by atoms with van der Waals surface area (Å²) < 4.78 is 8.08. The van der Waals surface area contributed by atoms with Gasteiger partial charge >= 0.3 is 0 Å². The lowest BCUT2D eigenvalue weighted by Gasteiger charge is -2.41. The number of rotatable bonds is 3. The van der Waals surface area contributed by atoms with Gasteiger partial charge in [0.15, 0.2) is 0 Å². The van der Waals surface area contributed by atoms with Crippen LogP contribution in [0.3, 0.4) is 0 Å². The van der Waals surface area contributed by atoms with E-state index in [1.807, 2.05) is 19.1 Å². The van der Waals surface area contributed by atoms with Crippen LogP contribution in [0.2, 0.25) is 0 Å². The Morgan fingerprint density at radius 2 is 1.84 bits per heavy atom. The number of carbonyl (C=O) groups is 2. The third kappa shape index (κ3) is 6.17. The van der Waals surface area contributed by atoms with Gasteiger partial charge in [-0.25, -0.2) is 0 Å². The van der Waals surface area contributed by atoms with Crippen LogP contribution < -0.4 is 15.4 Å². The lowest BCUT2D eigenvalue weighted by Crippen LogP contribution is -2.51. The zero-order chi connectivity index (χ0) is 26.6. The highest BCUT2D eigenvalue weighted by Gasteiger charge is 2.41. The number of likely N-dealkylation sites (tertiary alicyclic amines) is 1. The van der Waals surface area contributed by atoms with E-state index in [1.165, 1.54) is 11.3 Å². The first-order valence-electron chi connectivity index (χ1n) is 13.8. The smallest absolute Gasteiger partial charge is 0.255 e. The Balaban J connectivity index is 1.44. The summed E-state index contributed by atoms with van der Waals surface area (Å²) in [6.45, 7) is 14.1. The second-order valence-electron chi connectivity index (χ2n) is 11.1. The summed E-state index contributed by atoms with van der Waals surface area (Å²) in [7, 11) is 0. The van der Waals surface area contributed by atoms with Gasteiger partial charge in [0.05, 0.1) is 22.7 Å². The molecule has 2 amide bonds. The molecular formula is C29H43N5O3. The van der Waals surface area contributed by atoms with E-state index in [9.17, 15) is 9.59 Å². The van der Waals surface area contributed by atoms with Gasteiger partial charge in [-0.2, -0.15) is 5.10 Å². The van der Waals surface area contributed by atoms with Crippen LogP contribution >= 0.6 is 0 Å². The number of ether oxygens (including phenoxy) is 1. The molecule has 0 aliphatic carbocycles. The lowest BCUT2D eigenvalue weighted by atomic mass is 9.73. The molecule has 2 aromatic rings. The summed E-state index contributed by atoms with van der Waals surface area (Å²) in [6, 6.07) is 7.46. The maximum atomic E-state index is 13.7. The molecule has 0 radical (unpaired) electrons. The summed E-state index contributed by atoms with van der Waals surface area (Å²) >= 11 is 0. The largest absolute Gasteiger partial charge is 0.491 e. The number of amides is 2. The van der Waals surface area contributed by atoms with Crippen LogP contribution in [0, 0.1) is 19.3 Å². The quantitative estimate of drug-likeness (QED) is 0.649. The van der Waals surface area contributed by atoms with E-state index in [4.69, 9.17) is 9.84 Å². The van der Waals surface area contributed by atoms with E-state index in [-0.39, 0.29) is 23.3 Å². The molecule has 1 aromatic carbocycles. The number of carbonyl (C=O) groups excluding carboxylic acids is 2. The van der Waals surface area contributed by atoms with Crippen LogP contribution in [-0.4, -0.2) is 58.8 Å². The minimum absolute atomic E-state index is 0.112. The third-order valence-electron chi connectivity index (χ3n) is 8.01. The maximum Gasteiger partial charge on any atom is 0.255 e. The molecule has 1 aromatic heterocycles. The second-order valence-corrected chi connectivity index (χ2v) is 11.1. The Morgan fingerprint density at radius 1 is 1.11 bits per heavy atom. The van der Waals surface area contributed by atoms with Crippen molar-refractivity contribution in [2.45, 2.75) is 85.4 Å². The molecule has 3 heterocycles. The molecular weight excluding hydrogens is 466 g/mol. The normalized spacial score (nSPS) is 21.6. The van der Waals surface area contributed by atoms with Gasteiger partial charge in [-0.15, -0.1) is 0 Å². The van der Waals surface area contributed by atoms with Crippen molar-refractivity contribution < 1.29 is 14.3 Å². The number of aryl methyl sites for hydroxylation is 1. The summed E-state index contributed by atoms with van der Waals surface area (Å²) in [5.41, 5.74) is 3.79. The van der Waals surface area contributed by atoms with Gasteiger partial charge in [-0.05, 0) is 85.5 Å². The molecule has 1 spiro atoms. The van der Waals surface area contributed by atoms with Gasteiger partial charge in [0.1, 0.15) is 12.4 Å². The van der Waals surface area contributed by atoms with Crippen molar-refractivity contribution in [3.8, 4) is 5.75 Å². The van der Waals surface area contributed by atoms with Crippen molar-refractivity contribution >= 4 is 11.8 Å². The Morgan fingerprint density at radius 3 is 2.54 bits per heavy atom. The van der Waals surface area contributed by atoms with Crippen LogP contribution in [0.5, 0.6) is 5.75 Å². The predicted octanol–water partition coefficient (Wildman–Crippen LogP) is 4.16. The van der Waals surface area contributed by atoms with E-state index in [0.29, 0.717) is 30.5 Å². The fraction of sp³-hybridized carbons (Fsp3) is 0.621. The van der Waals surface area contributed by atoms with Crippen molar-refractivity contribution in [2.75, 3.05) is 26.2 Å². The van der Waals surface area contributed by atoms with E-state index >= 15 is 0 Å². The van der Waals surface area contributed by atoms with Crippen LogP contribution in [0.1, 0.15) is 86.2 Å². The second kappa shape index (κ2) is 11.7. The number of hydrogen-bond acceptors (Lipinski definition) is 5. The number of nitrogens with zero attached hydrogens (tertiary/aromatic N) is 3. The third-order valence-corrected chi connectivity index (χ3v) is 8.01. The van der Waals surface area contributed by atoms with E-state index in [1.54, 1.807) is 12.1 Å². The molecule has 1 fully saturated rings. The molecule has 4 rings (SSSR count). The number of fused-ring (bicyclic) bond motifs is 1. The zero-order valence-corrected chi connectivity index (χ0v) is 23.1. The van der Waals surface area contributed by atoms with Gasteiger partial charge in [0, 0.05) is 30.4 Å². The van der Waals surface area contributed by atoms with Crippen molar-refractivity contribution in [1.29, 1.82) is 0 Å². The SMILES string of the molecule is Cc1nn(C(C)C)c(C)c1CN1CCC2(CCCCNC(=O)c3ccccc3OC[C@@H](C)NC2=O)CC1. The lowest BCUT2D eigenvalue weighted by molar-refractivity contribution is -0.135. The van der Waals surface area contributed by atoms with Crippen molar-refractivity contribution in [3.63, 3.8) is 0 Å². The molecule has 2 N–H and O–H groups in total. The Hall–Kier alpha value is -2.87. The van der Waals surface area contributed by atoms with Gasteiger partial charge < -0.3 is 15.4 Å². The first-order chi connectivity index (χ1) is 17.7. The summed E-state index contributed by atoms with van der Waals surface area (Å²) in [4.78, 5) is 28.8. The average Bonchev–Trinajstić information content (AvgIpc) is 3.16. The standard InChI is InChI=1S/C29H43N5O3/c1-20(2)34-23(5)25(22(4)32-34)18-33-16-13-29(14-17-33)12-8-9-15-30-27(35)24-10-6-7-11-26(24)37-19-21(3)31-28(29)36/h6-7,10-11,20-21H,8-9,12-19H2,1-5H3,(H,30,35)(H,31,36)/t21-/m1/s1. The highest BCUT2D eigenvalue weighted by atomic mass is 16.5. The highest BCUT2D eigenvalue weighted by molar-refractivity contribution is 5.96. The molecule has 0 bridgehead atoms. The maximum absolute atomic E-state index is 13.7. The van der Waals surface area contributed by atoms with Crippen LogP contribution in [-0.2, 0) is 11.3 Å². The Kier molecular flexibility index (Phi) is 8.57. The molecule has 0 unspecified atom stereocenters. The molecule has 8 heteroatoms. The number of piperidine rings is 1.